The van der Waals surface area contributed by atoms with Crippen LogP contribution in [0.1, 0.15) is 33.9 Å². The number of hydrogen-bond acceptors (Lipinski definition) is 5. The van der Waals surface area contributed by atoms with Crippen LogP contribution in [0, 0.1) is 0 Å². The quantitative estimate of drug-likeness (QED) is 0.809. The Morgan fingerprint density at radius 2 is 1.93 bits per heavy atom. The third kappa shape index (κ3) is 4.72. The molecule has 1 amide bonds. The lowest BCUT2D eigenvalue weighted by atomic mass is 10.1. The van der Waals surface area contributed by atoms with Crippen LogP contribution in [0.4, 0.5) is 18.3 Å². The third-order valence-electron chi connectivity index (χ3n) is 4.09. The lowest BCUT2D eigenvalue weighted by molar-refractivity contribution is -0.141. The van der Waals surface area contributed by atoms with Gasteiger partial charge in [0.1, 0.15) is 4.88 Å². The molecule has 1 atom stereocenters. The van der Waals surface area contributed by atoms with Crippen molar-refractivity contribution in [1.29, 1.82) is 0 Å². The molecule has 1 aliphatic rings. The number of anilines is 1. The zero-order chi connectivity index (χ0) is 19.6. The summed E-state index contributed by atoms with van der Waals surface area (Å²) in [4.78, 5) is 17.5. The average molecular weight is 420 g/mol. The summed E-state index contributed by atoms with van der Waals surface area (Å²) in [6, 6.07) is 6.26. The molecule has 0 spiro atoms. The molecule has 5 nitrogen and oxygen atoms in total. The Balaban J connectivity index is 1.83. The normalized spacial score (nSPS) is 16.3. The first-order valence-electron chi connectivity index (χ1n) is 8.22. The number of ether oxygens (including phenoxy) is 1. The highest BCUT2D eigenvalue weighted by Gasteiger charge is 2.40. The molecule has 1 N–H and O–H groups in total. The molecule has 1 aromatic heterocycles. The van der Waals surface area contributed by atoms with Crippen molar-refractivity contribution in [3.8, 4) is 0 Å². The fourth-order valence-corrected chi connectivity index (χ4v) is 3.81. The maximum Gasteiger partial charge on any atom is 0.435 e. The zero-order valence-electron chi connectivity index (χ0n) is 14.3. The summed E-state index contributed by atoms with van der Waals surface area (Å²) in [7, 11) is 0. The number of nitrogens with one attached hydrogen (secondary N) is 1. The number of nitrogens with zero attached hydrogens (tertiary/aromatic N) is 2. The zero-order valence-corrected chi connectivity index (χ0v) is 15.9. The van der Waals surface area contributed by atoms with Crippen molar-refractivity contribution in [2.75, 3.05) is 31.2 Å². The standard InChI is InChI=1S/C17H17ClF3N3O2S/c1-10(11-2-4-12(18)5-3-11)22-15(25)13-14(17(19,20)21)23-16(27-13)24-6-8-26-9-7-24/h2-5,10H,6-9H2,1H3,(H,22,25). The molecular formula is C17H17ClF3N3O2S. The Kier molecular flexibility index (Phi) is 5.92. The number of rotatable bonds is 4. The van der Waals surface area contributed by atoms with E-state index < -0.39 is 28.7 Å². The van der Waals surface area contributed by atoms with Crippen molar-refractivity contribution >= 4 is 34.0 Å². The van der Waals surface area contributed by atoms with Gasteiger partial charge in [0.2, 0.25) is 0 Å². The van der Waals surface area contributed by atoms with E-state index in [9.17, 15) is 18.0 Å². The predicted octanol–water partition coefficient (Wildman–Crippen LogP) is 4.14. The summed E-state index contributed by atoms with van der Waals surface area (Å²) < 4.78 is 45.4. The largest absolute Gasteiger partial charge is 0.435 e. The SMILES string of the molecule is CC(NC(=O)c1sc(N2CCOCC2)nc1C(F)(F)F)c1ccc(Cl)cc1. The van der Waals surface area contributed by atoms with Crippen molar-refractivity contribution in [3.63, 3.8) is 0 Å². The van der Waals surface area contributed by atoms with Crippen molar-refractivity contribution in [1.82, 2.24) is 10.3 Å². The van der Waals surface area contributed by atoms with E-state index in [0.717, 1.165) is 16.9 Å². The summed E-state index contributed by atoms with van der Waals surface area (Å²) in [6.45, 7) is 3.39. The summed E-state index contributed by atoms with van der Waals surface area (Å²) in [5.41, 5.74) is -0.422. The van der Waals surface area contributed by atoms with Gasteiger partial charge in [-0.1, -0.05) is 35.1 Å². The Labute approximate surface area is 163 Å². The molecule has 27 heavy (non-hydrogen) atoms. The fraction of sp³-hybridized carbons (Fsp3) is 0.412. The van der Waals surface area contributed by atoms with Gasteiger partial charge in [-0.2, -0.15) is 13.2 Å². The van der Waals surface area contributed by atoms with Gasteiger partial charge in [0.25, 0.3) is 5.91 Å². The van der Waals surface area contributed by atoms with Crippen LogP contribution in [0.5, 0.6) is 0 Å². The second kappa shape index (κ2) is 8.04. The molecule has 1 unspecified atom stereocenters. The highest BCUT2D eigenvalue weighted by molar-refractivity contribution is 7.17. The van der Waals surface area contributed by atoms with E-state index in [1.165, 1.54) is 0 Å². The molecule has 2 heterocycles. The van der Waals surface area contributed by atoms with Gasteiger partial charge in [-0.25, -0.2) is 4.98 Å². The minimum Gasteiger partial charge on any atom is -0.378 e. The van der Waals surface area contributed by atoms with Crippen molar-refractivity contribution < 1.29 is 22.7 Å². The van der Waals surface area contributed by atoms with E-state index in [1.807, 2.05) is 0 Å². The minimum atomic E-state index is -4.71. The molecule has 146 valence electrons. The van der Waals surface area contributed by atoms with Gasteiger partial charge in [0.15, 0.2) is 10.8 Å². The number of benzene rings is 1. The highest BCUT2D eigenvalue weighted by atomic mass is 35.5. The number of aromatic nitrogens is 1. The lowest BCUT2D eigenvalue weighted by Crippen LogP contribution is -2.36. The van der Waals surface area contributed by atoms with Crippen molar-refractivity contribution in [3.05, 3.63) is 45.4 Å². The van der Waals surface area contributed by atoms with E-state index in [0.29, 0.717) is 31.3 Å². The lowest BCUT2D eigenvalue weighted by Gasteiger charge is -2.26. The van der Waals surface area contributed by atoms with Crippen LogP contribution in [0.15, 0.2) is 24.3 Å². The number of hydrogen-bond donors (Lipinski definition) is 1. The first-order chi connectivity index (χ1) is 12.8. The van der Waals surface area contributed by atoms with E-state index in [1.54, 1.807) is 36.1 Å². The van der Waals surface area contributed by atoms with Crippen LogP contribution in [-0.4, -0.2) is 37.2 Å². The number of halogens is 4. The Bertz CT molecular complexity index is 805. The molecule has 1 saturated heterocycles. The van der Waals surface area contributed by atoms with Gasteiger partial charge < -0.3 is 15.0 Å². The summed E-state index contributed by atoms with van der Waals surface area (Å²) in [6.07, 6.45) is -4.71. The van der Waals surface area contributed by atoms with Crippen LogP contribution < -0.4 is 10.2 Å². The molecule has 0 radical (unpaired) electrons. The molecule has 1 aliphatic heterocycles. The second-order valence-electron chi connectivity index (χ2n) is 6.02. The molecule has 2 aromatic rings. The van der Waals surface area contributed by atoms with Gasteiger partial charge in [0.05, 0.1) is 19.3 Å². The minimum absolute atomic E-state index is 0.176. The topological polar surface area (TPSA) is 54.5 Å². The average Bonchev–Trinajstić information content (AvgIpc) is 3.09. The van der Waals surface area contributed by atoms with Gasteiger partial charge in [-0.15, -0.1) is 0 Å². The number of carbonyl (C=O) groups excluding carboxylic acids is 1. The van der Waals surface area contributed by atoms with Crippen LogP contribution in [0.2, 0.25) is 5.02 Å². The number of carbonyl (C=O) groups is 1. The number of amides is 1. The molecule has 0 saturated carbocycles. The second-order valence-corrected chi connectivity index (χ2v) is 7.43. The predicted molar refractivity (Wildman–Crippen MR) is 97.5 cm³/mol. The first-order valence-corrected chi connectivity index (χ1v) is 9.42. The van der Waals surface area contributed by atoms with Gasteiger partial charge in [-0.3, -0.25) is 4.79 Å². The molecule has 3 rings (SSSR count). The van der Waals surface area contributed by atoms with E-state index in [2.05, 4.69) is 10.3 Å². The highest BCUT2D eigenvalue weighted by Crippen LogP contribution is 2.37. The first kappa shape index (κ1) is 19.9. The molecule has 10 heteroatoms. The van der Waals surface area contributed by atoms with Crippen LogP contribution in [0.25, 0.3) is 0 Å². The van der Waals surface area contributed by atoms with Gasteiger partial charge in [-0.05, 0) is 24.6 Å². The summed E-state index contributed by atoms with van der Waals surface area (Å²) in [5.74, 6) is -0.804. The van der Waals surface area contributed by atoms with E-state index in [4.69, 9.17) is 16.3 Å². The Morgan fingerprint density at radius 3 is 2.52 bits per heavy atom. The third-order valence-corrected chi connectivity index (χ3v) is 5.46. The number of morpholine rings is 1. The molecule has 0 bridgehead atoms. The maximum absolute atomic E-state index is 13.4. The summed E-state index contributed by atoms with van der Waals surface area (Å²) >= 11 is 6.58. The Hall–Kier alpha value is -1.84. The Morgan fingerprint density at radius 1 is 1.30 bits per heavy atom. The van der Waals surface area contributed by atoms with E-state index in [-0.39, 0.29) is 5.13 Å². The van der Waals surface area contributed by atoms with Gasteiger partial charge >= 0.3 is 6.18 Å². The summed E-state index contributed by atoms with van der Waals surface area (Å²) in [5, 5.41) is 3.32. The van der Waals surface area contributed by atoms with Crippen LogP contribution >= 0.6 is 22.9 Å². The molecular weight excluding hydrogens is 403 g/mol. The molecule has 1 fully saturated rings. The van der Waals surface area contributed by atoms with Crippen LogP contribution in [-0.2, 0) is 10.9 Å². The number of alkyl halides is 3. The fourth-order valence-electron chi connectivity index (χ4n) is 2.64. The maximum atomic E-state index is 13.4. The van der Waals surface area contributed by atoms with Gasteiger partial charge in [0, 0.05) is 18.1 Å². The van der Waals surface area contributed by atoms with Crippen molar-refractivity contribution in [2.24, 2.45) is 0 Å². The monoisotopic (exact) mass is 419 g/mol. The number of thiazole rings is 1. The van der Waals surface area contributed by atoms with Crippen LogP contribution in [0.3, 0.4) is 0 Å². The van der Waals surface area contributed by atoms with E-state index >= 15 is 0 Å². The van der Waals surface area contributed by atoms with Crippen molar-refractivity contribution in [2.45, 2.75) is 19.1 Å². The smallest absolute Gasteiger partial charge is 0.378 e. The molecule has 1 aromatic carbocycles. The molecule has 0 aliphatic carbocycles.